The minimum absolute atomic E-state index is 0.653. The third-order valence-corrected chi connectivity index (χ3v) is 5.38. The Balaban J connectivity index is 2.08. The zero-order valence-electron chi connectivity index (χ0n) is 11.7. The summed E-state index contributed by atoms with van der Waals surface area (Å²) in [6, 6.07) is 9.81. The van der Waals surface area contributed by atoms with Crippen molar-refractivity contribution in [3.05, 3.63) is 45.4 Å². The summed E-state index contributed by atoms with van der Waals surface area (Å²) in [5.41, 5.74) is 11.3. The van der Waals surface area contributed by atoms with Crippen LogP contribution in [0.25, 0.3) is 21.3 Å². The monoisotopic (exact) mass is 325 g/mol. The third-order valence-electron chi connectivity index (χ3n) is 4.14. The Morgan fingerprint density at radius 1 is 1.23 bits per heavy atom. The molecule has 0 unspecified atom stereocenters. The molecule has 1 aliphatic carbocycles. The first-order valence-electron chi connectivity index (χ1n) is 7.09. The molecule has 4 rings (SSSR count). The topological polar surface area (TPSA) is 62.7 Å². The predicted molar refractivity (Wildman–Crippen MR) is 91.2 cm³/mol. The second-order valence-electron chi connectivity index (χ2n) is 5.41. The summed E-state index contributed by atoms with van der Waals surface area (Å²) in [5, 5.41) is 11.1. The second kappa shape index (κ2) is 4.98. The summed E-state index contributed by atoms with van der Waals surface area (Å²) in [6.07, 6.45) is 3.05. The number of nitriles is 1. The normalized spacial score (nSPS) is 13.3. The number of nitrogens with two attached hydrogens (primary N) is 1. The molecule has 0 saturated heterocycles. The molecule has 1 aliphatic rings. The van der Waals surface area contributed by atoms with E-state index in [0.717, 1.165) is 57.6 Å². The molecule has 5 heteroatoms. The van der Waals surface area contributed by atoms with Crippen molar-refractivity contribution < 1.29 is 0 Å². The Morgan fingerprint density at radius 3 is 2.73 bits per heavy atom. The van der Waals surface area contributed by atoms with Gasteiger partial charge in [0.25, 0.3) is 0 Å². The van der Waals surface area contributed by atoms with Crippen LogP contribution in [0.15, 0.2) is 24.3 Å². The molecule has 2 aromatic heterocycles. The van der Waals surface area contributed by atoms with Crippen molar-refractivity contribution in [1.29, 1.82) is 5.26 Å². The number of rotatable bonds is 1. The quantitative estimate of drug-likeness (QED) is 0.713. The highest BCUT2D eigenvalue weighted by atomic mass is 35.5. The SMILES string of the molecule is N#Cc1sc2nc3c(c(N)c2c1-c1ccc(Cl)cc1)CCC3. The Bertz CT molecular complexity index is 935. The van der Waals surface area contributed by atoms with E-state index in [1.807, 2.05) is 24.3 Å². The van der Waals surface area contributed by atoms with Crippen LogP contribution in [-0.2, 0) is 12.8 Å². The minimum atomic E-state index is 0.653. The van der Waals surface area contributed by atoms with Gasteiger partial charge in [-0.1, -0.05) is 23.7 Å². The number of fused-ring (bicyclic) bond motifs is 2. The van der Waals surface area contributed by atoms with Gasteiger partial charge in [0, 0.05) is 27.4 Å². The zero-order valence-corrected chi connectivity index (χ0v) is 13.3. The minimum Gasteiger partial charge on any atom is -0.398 e. The number of thiophene rings is 1. The number of aryl methyl sites for hydroxylation is 1. The van der Waals surface area contributed by atoms with E-state index in [9.17, 15) is 5.26 Å². The van der Waals surface area contributed by atoms with Gasteiger partial charge in [0.05, 0.1) is 0 Å². The molecule has 0 fully saturated rings. The van der Waals surface area contributed by atoms with Crippen molar-refractivity contribution in [2.45, 2.75) is 19.3 Å². The number of hydrogen-bond acceptors (Lipinski definition) is 4. The molecule has 0 atom stereocenters. The van der Waals surface area contributed by atoms with E-state index >= 15 is 0 Å². The van der Waals surface area contributed by atoms with Crippen molar-refractivity contribution in [3.8, 4) is 17.2 Å². The van der Waals surface area contributed by atoms with Crippen LogP contribution in [0.5, 0.6) is 0 Å². The Labute approximate surface area is 137 Å². The van der Waals surface area contributed by atoms with Crippen LogP contribution in [0.3, 0.4) is 0 Å². The van der Waals surface area contributed by atoms with Gasteiger partial charge >= 0.3 is 0 Å². The number of anilines is 1. The number of benzene rings is 1. The molecular formula is C17H12ClN3S. The number of nitrogen functional groups attached to an aromatic ring is 1. The van der Waals surface area contributed by atoms with Crippen LogP contribution < -0.4 is 5.73 Å². The second-order valence-corrected chi connectivity index (χ2v) is 6.84. The summed E-state index contributed by atoms with van der Waals surface area (Å²) < 4.78 is 0. The van der Waals surface area contributed by atoms with E-state index in [2.05, 4.69) is 6.07 Å². The zero-order chi connectivity index (χ0) is 15.3. The number of nitrogens with zero attached hydrogens (tertiary/aromatic N) is 2. The average Bonchev–Trinajstić information content (AvgIpc) is 3.12. The first kappa shape index (κ1) is 13.6. The number of pyridine rings is 1. The number of hydrogen-bond donors (Lipinski definition) is 1. The predicted octanol–water partition coefficient (Wildman–Crippen LogP) is 4.56. The van der Waals surface area contributed by atoms with Crippen LogP contribution in [0.2, 0.25) is 5.02 Å². The highest BCUT2D eigenvalue weighted by molar-refractivity contribution is 7.19. The maximum atomic E-state index is 9.50. The van der Waals surface area contributed by atoms with Gasteiger partial charge in [-0.05, 0) is 42.5 Å². The lowest BCUT2D eigenvalue weighted by Crippen LogP contribution is -1.97. The van der Waals surface area contributed by atoms with E-state index in [1.165, 1.54) is 11.3 Å². The van der Waals surface area contributed by atoms with Gasteiger partial charge in [-0.2, -0.15) is 5.26 Å². The van der Waals surface area contributed by atoms with E-state index < -0.39 is 0 Å². The fourth-order valence-electron chi connectivity index (χ4n) is 3.13. The van der Waals surface area contributed by atoms with Gasteiger partial charge in [0.15, 0.2) is 0 Å². The largest absolute Gasteiger partial charge is 0.398 e. The fraction of sp³-hybridized carbons (Fsp3) is 0.176. The molecule has 2 N–H and O–H groups in total. The first-order valence-corrected chi connectivity index (χ1v) is 8.28. The van der Waals surface area contributed by atoms with E-state index in [4.69, 9.17) is 22.3 Å². The van der Waals surface area contributed by atoms with Gasteiger partial charge in [-0.15, -0.1) is 11.3 Å². The lowest BCUT2D eigenvalue weighted by atomic mass is 10.00. The van der Waals surface area contributed by atoms with Crippen LogP contribution >= 0.6 is 22.9 Å². The molecule has 0 spiro atoms. The maximum Gasteiger partial charge on any atom is 0.127 e. The van der Waals surface area contributed by atoms with Crippen LogP contribution in [0, 0.1) is 11.3 Å². The molecule has 0 amide bonds. The first-order chi connectivity index (χ1) is 10.7. The molecule has 0 saturated carbocycles. The highest BCUT2D eigenvalue weighted by Gasteiger charge is 2.23. The fourth-order valence-corrected chi connectivity index (χ4v) is 4.29. The summed E-state index contributed by atoms with van der Waals surface area (Å²) in [4.78, 5) is 6.26. The van der Waals surface area contributed by atoms with Crippen LogP contribution in [0.1, 0.15) is 22.6 Å². The molecule has 108 valence electrons. The van der Waals surface area contributed by atoms with Gasteiger partial charge in [0.2, 0.25) is 0 Å². The van der Waals surface area contributed by atoms with E-state index in [-0.39, 0.29) is 0 Å². The molecule has 3 nitrogen and oxygen atoms in total. The molecule has 0 radical (unpaired) electrons. The lowest BCUT2D eigenvalue weighted by Gasteiger charge is -2.08. The molecule has 1 aromatic carbocycles. The number of halogens is 1. The van der Waals surface area contributed by atoms with Crippen LogP contribution in [-0.4, -0.2) is 4.98 Å². The van der Waals surface area contributed by atoms with Gasteiger partial charge in [0.1, 0.15) is 15.8 Å². The Kier molecular flexibility index (Phi) is 3.07. The lowest BCUT2D eigenvalue weighted by molar-refractivity contribution is 0.902. The maximum absolute atomic E-state index is 9.50. The molecule has 0 aliphatic heterocycles. The summed E-state index contributed by atoms with van der Waals surface area (Å²) >= 11 is 7.39. The van der Waals surface area contributed by atoms with Gasteiger partial charge < -0.3 is 5.73 Å². The van der Waals surface area contributed by atoms with Crippen molar-refractivity contribution in [3.63, 3.8) is 0 Å². The molecule has 0 bridgehead atoms. The van der Waals surface area contributed by atoms with Crippen molar-refractivity contribution >= 4 is 38.8 Å². The van der Waals surface area contributed by atoms with Gasteiger partial charge in [-0.25, -0.2) is 4.98 Å². The van der Waals surface area contributed by atoms with E-state index in [1.54, 1.807) is 0 Å². The molecule has 22 heavy (non-hydrogen) atoms. The standard InChI is InChI=1S/C17H12ClN3S/c18-10-6-4-9(5-7-10)14-13(8-19)22-17-15(14)16(20)11-2-1-3-12(11)21-17/h4-7H,1-3H2,(H2,20,21). The van der Waals surface area contributed by atoms with Crippen molar-refractivity contribution in [1.82, 2.24) is 4.98 Å². The van der Waals surface area contributed by atoms with Crippen LogP contribution in [0.4, 0.5) is 5.69 Å². The average molecular weight is 326 g/mol. The molecular weight excluding hydrogens is 314 g/mol. The van der Waals surface area contributed by atoms with Crippen molar-refractivity contribution in [2.24, 2.45) is 0 Å². The smallest absolute Gasteiger partial charge is 0.127 e. The molecule has 3 aromatic rings. The third kappa shape index (κ3) is 1.90. The highest BCUT2D eigenvalue weighted by Crippen LogP contribution is 2.43. The number of aromatic nitrogens is 1. The van der Waals surface area contributed by atoms with Crippen molar-refractivity contribution in [2.75, 3.05) is 5.73 Å². The van der Waals surface area contributed by atoms with E-state index in [0.29, 0.717) is 9.90 Å². The Hall–Kier alpha value is -2.09. The molecule has 2 heterocycles. The summed E-state index contributed by atoms with van der Waals surface area (Å²) in [6.45, 7) is 0. The Morgan fingerprint density at radius 2 is 2.00 bits per heavy atom. The summed E-state index contributed by atoms with van der Waals surface area (Å²) in [5.74, 6) is 0. The summed E-state index contributed by atoms with van der Waals surface area (Å²) in [7, 11) is 0. The van der Waals surface area contributed by atoms with Gasteiger partial charge in [-0.3, -0.25) is 0 Å².